The van der Waals surface area contributed by atoms with Crippen LogP contribution in [0.15, 0.2) is 18.2 Å². The lowest BCUT2D eigenvalue weighted by atomic mass is 10.1. The molecule has 0 saturated carbocycles. The minimum absolute atomic E-state index is 0.0243. The third-order valence-electron chi connectivity index (χ3n) is 4.79. The fourth-order valence-electron chi connectivity index (χ4n) is 3.36. The van der Waals surface area contributed by atoms with Gasteiger partial charge in [0, 0.05) is 32.5 Å². The molecule has 3 heterocycles. The standard InChI is InChI=1S/C18H24N4O2/c1-2-17-19-18(21-20-17)16-12-22(8-10-24-16)7-5-13-3-4-15-14(11-13)6-9-23-15/h3-4,11,16H,2,5-10,12H2,1H3,(H,19,20,21). The molecular weight excluding hydrogens is 304 g/mol. The first-order chi connectivity index (χ1) is 11.8. The lowest BCUT2D eigenvalue weighted by Gasteiger charge is -2.31. The minimum atomic E-state index is -0.0243. The molecule has 1 atom stereocenters. The third-order valence-corrected chi connectivity index (χ3v) is 4.79. The van der Waals surface area contributed by atoms with E-state index in [4.69, 9.17) is 9.47 Å². The lowest BCUT2D eigenvalue weighted by molar-refractivity contribution is -0.0337. The van der Waals surface area contributed by atoms with Gasteiger partial charge in [0.2, 0.25) is 0 Å². The highest BCUT2D eigenvalue weighted by atomic mass is 16.5. The Balaban J connectivity index is 1.34. The predicted molar refractivity (Wildman–Crippen MR) is 90.2 cm³/mol. The lowest BCUT2D eigenvalue weighted by Crippen LogP contribution is -2.39. The molecule has 0 aliphatic carbocycles. The number of nitrogens with zero attached hydrogens (tertiary/aromatic N) is 3. The Morgan fingerprint density at radius 3 is 3.17 bits per heavy atom. The number of rotatable bonds is 5. The fraction of sp³-hybridized carbons (Fsp3) is 0.556. The van der Waals surface area contributed by atoms with Crippen molar-refractivity contribution in [2.45, 2.75) is 32.3 Å². The number of fused-ring (bicyclic) bond motifs is 1. The first-order valence-corrected chi connectivity index (χ1v) is 8.81. The SMILES string of the molecule is CCc1nc(C2CN(CCc3ccc4c(c3)CCO4)CCO2)n[nH]1. The van der Waals surface area contributed by atoms with Crippen LogP contribution >= 0.6 is 0 Å². The van der Waals surface area contributed by atoms with Crippen LogP contribution in [0, 0.1) is 0 Å². The summed E-state index contributed by atoms with van der Waals surface area (Å²) in [6.45, 7) is 6.48. The van der Waals surface area contributed by atoms with Crippen molar-refractivity contribution in [1.29, 1.82) is 0 Å². The Hall–Kier alpha value is -1.92. The summed E-state index contributed by atoms with van der Waals surface area (Å²) in [6.07, 6.45) is 2.93. The number of aromatic amines is 1. The van der Waals surface area contributed by atoms with Gasteiger partial charge in [-0.3, -0.25) is 10.00 Å². The molecular formula is C18H24N4O2. The molecule has 2 aliphatic rings. The van der Waals surface area contributed by atoms with Crippen LogP contribution in [-0.4, -0.2) is 52.9 Å². The summed E-state index contributed by atoms with van der Waals surface area (Å²) < 4.78 is 11.4. The molecule has 2 aromatic rings. The number of ether oxygens (including phenoxy) is 2. The zero-order chi connectivity index (χ0) is 16.4. The molecule has 128 valence electrons. The van der Waals surface area contributed by atoms with Crippen molar-refractivity contribution in [3.05, 3.63) is 41.0 Å². The van der Waals surface area contributed by atoms with Crippen molar-refractivity contribution >= 4 is 0 Å². The Kier molecular flexibility index (Phi) is 4.49. The van der Waals surface area contributed by atoms with Gasteiger partial charge in [-0.1, -0.05) is 19.1 Å². The number of hydrogen-bond donors (Lipinski definition) is 1. The van der Waals surface area contributed by atoms with E-state index in [0.29, 0.717) is 0 Å². The van der Waals surface area contributed by atoms with Gasteiger partial charge in [-0.15, -0.1) is 0 Å². The second kappa shape index (κ2) is 6.91. The van der Waals surface area contributed by atoms with Crippen LogP contribution in [0.1, 0.15) is 35.8 Å². The molecule has 0 bridgehead atoms. The molecule has 2 aliphatic heterocycles. The second-order valence-electron chi connectivity index (χ2n) is 6.44. The maximum absolute atomic E-state index is 5.86. The predicted octanol–water partition coefficient (Wildman–Crippen LogP) is 1.92. The summed E-state index contributed by atoms with van der Waals surface area (Å²) in [7, 11) is 0. The smallest absolute Gasteiger partial charge is 0.180 e. The summed E-state index contributed by atoms with van der Waals surface area (Å²) >= 11 is 0. The van der Waals surface area contributed by atoms with Crippen molar-refractivity contribution in [3.63, 3.8) is 0 Å². The van der Waals surface area contributed by atoms with Gasteiger partial charge in [-0.05, 0) is 23.6 Å². The molecule has 4 rings (SSSR count). The molecule has 6 heteroatoms. The van der Waals surface area contributed by atoms with Crippen molar-refractivity contribution < 1.29 is 9.47 Å². The Morgan fingerprint density at radius 1 is 1.33 bits per heavy atom. The molecule has 0 spiro atoms. The highest BCUT2D eigenvalue weighted by molar-refractivity contribution is 5.39. The maximum Gasteiger partial charge on any atom is 0.180 e. The average Bonchev–Trinajstić information content (AvgIpc) is 3.28. The van der Waals surface area contributed by atoms with Gasteiger partial charge in [-0.2, -0.15) is 5.10 Å². The Morgan fingerprint density at radius 2 is 2.29 bits per heavy atom. The molecule has 1 saturated heterocycles. The van der Waals surface area contributed by atoms with Gasteiger partial charge >= 0.3 is 0 Å². The molecule has 24 heavy (non-hydrogen) atoms. The van der Waals surface area contributed by atoms with Crippen LogP contribution in [0.3, 0.4) is 0 Å². The molecule has 1 aromatic carbocycles. The van der Waals surface area contributed by atoms with Gasteiger partial charge in [0.1, 0.15) is 17.7 Å². The van der Waals surface area contributed by atoms with E-state index in [2.05, 4.69) is 45.2 Å². The zero-order valence-corrected chi connectivity index (χ0v) is 14.1. The largest absolute Gasteiger partial charge is 0.493 e. The molecule has 6 nitrogen and oxygen atoms in total. The van der Waals surface area contributed by atoms with Gasteiger partial charge in [0.25, 0.3) is 0 Å². The van der Waals surface area contributed by atoms with Crippen LogP contribution in [0.4, 0.5) is 0 Å². The molecule has 0 amide bonds. The van der Waals surface area contributed by atoms with Crippen LogP contribution in [-0.2, 0) is 24.0 Å². The van der Waals surface area contributed by atoms with E-state index < -0.39 is 0 Å². The van der Waals surface area contributed by atoms with Gasteiger partial charge in [0.05, 0.1) is 13.2 Å². The Labute approximate surface area is 142 Å². The topological polar surface area (TPSA) is 63.3 Å². The van der Waals surface area contributed by atoms with E-state index in [0.717, 1.165) is 69.5 Å². The highest BCUT2D eigenvalue weighted by Crippen LogP contribution is 2.26. The zero-order valence-electron chi connectivity index (χ0n) is 14.1. The summed E-state index contributed by atoms with van der Waals surface area (Å²) in [5.41, 5.74) is 2.73. The van der Waals surface area contributed by atoms with Crippen LogP contribution in [0.25, 0.3) is 0 Å². The van der Waals surface area contributed by atoms with Gasteiger partial charge < -0.3 is 9.47 Å². The molecule has 1 unspecified atom stereocenters. The monoisotopic (exact) mass is 328 g/mol. The number of nitrogens with one attached hydrogen (secondary N) is 1. The molecule has 1 N–H and O–H groups in total. The number of morpholine rings is 1. The molecule has 1 fully saturated rings. The molecule has 1 aromatic heterocycles. The van der Waals surface area contributed by atoms with E-state index in [1.54, 1.807) is 0 Å². The normalized spacial score (nSPS) is 20.8. The van der Waals surface area contributed by atoms with Crippen LogP contribution < -0.4 is 4.74 Å². The number of H-pyrrole nitrogens is 1. The fourth-order valence-corrected chi connectivity index (χ4v) is 3.36. The van der Waals surface area contributed by atoms with Crippen LogP contribution in [0.2, 0.25) is 0 Å². The van der Waals surface area contributed by atoms with E-state index in [9.17, 15) is 0 Å². The van der Waals surface area contributed by atoms with E-state index in [1.807, 2.05) is 0 Å². The average molecular weight is 328 g/mol. The van der Waals surface area contributed by atoms with E-state index in [1.165, 1.54) is 11.1 Å². The van der Waals surface area contributed by atoms with Crippen molar-refractivity contribution in [2.24, 2.45) is 0 Å². The Bertz CT molecular complexity index is 700. The first-order valence-electron chi connectivity index (χ1n) is 8.81. The second-order valence-corrected chi connectivity index (χ2v) is 6.44. The van der Waals surface area contributed by atoms with E-state index >= 15 is 0 Å². The number of hydrogen-bond acceptors (Lipinski definition) is 5. The van der Waals surface area contributed by atoms with Crippen molar-refractivity contribution in [2.75, 3.05) is 32.8 Å². The summed E-state index contributed by atoms with van der Waals surface area (Å²) in [4.78, 5) is 6.96. The summed E-state index contributed by atoms with van der Waals surface area (Å²) in [6, 6.07) is 6.59. The van der Waals surface area contributed by atoms with Crippen LogP contribution in [0.5, 0.6) is 5.75 Å². The number of aromatic nitrogens is 3. The quantitative estimate of drug-likeness (QED) is 0.908. The highest BCUT2D eigenvalue weighted by Gasteiger charge is 2.25. The maximum atomic E-state index is 5.86. The summed E-state index contributed by atoms with van der Waals surface area (Å²) in [5, 5.41) is 7.28. The summed E-state index contributed by atoms with van der Waals surface area (Å²) in [5.74, 6) is 2.76. The van der Waals surface area contributed by atoms with Crippen molar-refractivity contribution in [1.82, 2.24) is 20.1 Å². The number of benzene rings is 1. The van der Waals surface area contributed by atoms with E-state index in [-0.39, 0.29) is 6.10 Å². The van der Waals surface area contributed by atoms with Gasteiger partial charge in [0.15, 0.2) is 5.82 Å². The number of aryl methyl sites for hydroxylation is 1. The third kappa shape index (κ3) is 3.30. The van der Waals surface area contributed by atoms with Crippen molar-refractivity contribution in [3.8, 4) is 5.75 Å². The van der Waals surface area contributed by atoms with Gasteiger partial charge in [-0.25, -0.2) is 4.98 Å². The minimum Gasteiger partial charge on any atom is -0.493 e. The molecule has 0 radical (unpaired) electrons. The first kappa shape index (κ1) is 15.6.